The van der Waals surface area contributed by atoms with Gasteiger partial charge in [-0.2, -0.15) is 0 Å². The summed E-state index contributed by atoms with van der Waals surface area (Å²) >= 11 is 0. The molecule has 1 heterocycles. The number of carbonyl (C=O) groups excluding carboxylic acids is 1. The van der Waals surface area contributed by atoms with Crippen molar-refractivity contribution in [1.29, 1.82) is 0 Å². The molecule has 2 aliphatic rings. The van der Waals surface area contributed by atoms with Gasteiger partial charge in [-0.1, -0.05) is 19.3 Å². The number of piperidine rings is 1. The summed E-state index contributed by atoms with van der Waals surface area (Å²) < 4.78 is 5.34. The quantitative estimate of drug-likeness (QED) is 0.791. The van der Waals surface area contributed by atoms with Gasteiger partial charge in [0.25, 0.3) is 0 Å². The molecule has 0 radical (unpaired) electrons. The third kappa shape index (κ3) is 3.69. The molecule has 1 saturated heterocycles. The fourth-order valence-corrected chi connectivity index (χ4v) is 3.31. The second-order valence-electron chi connectivity index (χ2n) is 6.09. The molecule has 0 unspecified atom stereocenters. The SMILES string of the molecule is CCOC(=O)C1(NC2CCCCC2)CCN(C)CC1. The van der Waals surface area contributed by atoms with E-state index in [1.807, 2.05) is 6.92 Å². The van der Waals surface area contributed by atoms with Gasteiger partial charge in [-0.25, -0.2) is 0 Å². The first-order chi connectivity index (χ1) is 9.16. The van der Waals surface area contributed by atoms with E-state index in [0.29, 0.717) is 12.6 Å². The van der Waals surface area contributed by atoms with Crippen molar-refractivity contribution < 1.29 is 9.53 Å². The monoisotopic (exact) mass is 268 g/mol. The van der Waals surface area contributed by atoms with Crippen LogP contribution in [0.4, 0.5) is 0 Å². The fourth-order valence-electron chi connectivity index (χ4n) is 3.31. The molecule has 0 aromatic carbocycles. The van der Waals surface area contributed by atoms with Crippen LogP contribution in [0.2, 0.25) is 0 Å². The molecule has 1 saturated carbocycles. The highest BCUT2D eigenvalue weighted by molar-refractivity contribution is 5.81. The Balaban J connectivity index is 2.02. The zero-order valence-electron chi connectivity index (χ0n) is 12.4. The minimum atomic E-state index is -0.426. The molecule has 4 heteroatoms. The highest BCUT2D eigenvalue weighted by atomic mass is 16.5. The van der Waals surface area contributed by atoms with Gasteiger partial charge in [-0.05, 0) is 39.7 Å². The molecule has 4 nitrogen and oxygen atoms in total. The van der Waals surface area contributed by atoms with Crippen molar-refractivity contribution in [2.45, 2.75) is 63.5 Å². The van der Waals surface area contributed by atoms with Crippen LogP contribution in [0.15, 0.2) is 0 Å². The number of carbonyl (C=O) groups is 1. The Morgan fingerprint density at radius 1 is 1.26 bits per heavy atom. The molecular weight excluding hydrogens is 240 g/mol. The summed E-state index contributed by atoms with van der Waals surface area (Å²) in [6.45, 7) is 4.31. The Morgan fingerprint density at radius 2 is 1.89 bits per heavy atom. The van der Waals surface area contributed by atoms with E-state index < -0.39 is 5.54 Å². The molecule has 0 amide bonds. The predicted octanol–water partition coefficient (Wildman–Crippen LogP) is 1.94. The number of nitrogens with zero attached hydrogens (tertiary/aromatic N) is 1. The summed E-state index contributed by atoms with van der Waals surface area (Å²) in [4.78, 5) is 14.7. The van der Waals surface area contributed by atoms with Crippen LogP contribution < -0.4 is 5.32 Å². The Hall–Kier alpha value is -0.610. The van der Waals surface area contributed by atoms with E-state index in [1.54, 1.807) is 0 Å². The number of nitrogens with one attached hydrogen (secondary N) is 1. The molecular formula is C15H28N2O2. The maximum absolute atomic E-state index is 12.4. The van der Waals surface area contributed by atoms with Crippen LogP contribution in [0.5, 0.6) is 0 Å². The van der Waals surface area contributed by atoms with Crippen molar-refractivity contribution in [3.63, 3.8) is 0 Å². The van der Waals surface area contributed by atoms with Crippen LogP contribution in [0, 0.1) is 0 Å². The molecule has 2 rings (SSSR count). The molecule has 1 N–H and O–H groups in total. The van der Waals surface area contributed by atoms with E-state index in [-0.39, 0.29) is 5.97 Å². The van der Waals surface area contributed by atoms with Crippen molar-refractivity contribution in [2.75, 3.05) is 26.7 Å². The van der Waals surface area contributed by atoms with E-state index in [9.17, 15) is 4.79 Å². The van der Waals surface area contributed by atoms with Gasteiger partial charge >= 0.3 is 5.97 Å². The van der Waals surface area contributed by atoms with Crippen molar-refractivity contribution in [1.82, 2.24) is 10.2 Å². The third-order valence-corrected chi connectivity index (χ3v) is 4.59. The summed E-state index contributed by atoms with van der Waals surface area (Å²) in [7, 11) is 2.12. The first-order valence-electron chi connectivity index (χ1n) is 7.80. The molecule has 0 aromatic heterocycles. The summed E-state index contributed by atoms with van der Waals surface area (Å²) in [6.07, 6.45) is 8.08. The molecule has 0 aromatic rings. The third-order valence-electron chi connectivity index (χ3n) is 4.59. The summed E-state index contributed by atoms with van der Waals surface area (Å²) in [5.41, 5.74) is -0.426. The maximum Gasteiger partial charge on any atom is 0.326 e. The normalized spacial score (nSPS) is 25.2. The molecule has 0 spiro atoms. The number of esters is 1. The lowest BCUT2D eigenvalue weighted by molar-refractivity contribution is -0.154. The first-order valence-corrected chi connectivity index (χ1v) is 7.80. The zero-order chi connectivity index (χ0) is 13.7. The van der Waals surface area contributed by atoms with Crippen LogP contribution in [0.25, 0.3) is 0 Å². The topological polar surface area (TPSA) is 41.6 Å². The number of ether oxygens (including phenoxy) is 1. The standard InChI is InChI=1S/C15H28N2O2/c1-3-19-14(18)15(9-11-17(2)12-10-15)16-13-7-5-4-6-8-13/h13,16H,3-12H2,1-2H3. The van der Waals surface area contributed by atoms with Gasteiger partial charge in [0.1, 0.15) is 5.54 Å². The van der Waals surface area contributed by atoms with E-state index >= 15 is 0 Å². The van der Waals surface area contributed by atoms with Crippen molar-refractivity contribution in [3.8, 4) is 0 Å². The van der Waals surface area contributed by atoms with Gasteiger partial charge in [-0.3, -0.25) is 10.1 Å². The van der Waals surface area contributed by atoms with E-state index in [0.717, 1.165) is 25.9 Å². The Kier molecular flexibility index (Phi) is 5.22. The lowest BCUT2D eigenvalue weighted by Crippen LogP contribution is -2.61. The summed E-state index contributed by atoms with van der Waals surface area (Å²) in [5, 5.41) is 3.68. The van der Waals surface area contributed by atoms with E-state index in [4.69, 9.17) is 4.74 Å². The molecule has 110 valence electrons. The number of hydrogen-bond acceptors (Lipinski definition) is 4. The van der Waals surface area contributed by atoms with Gasteiger partial charge in [0.05, 0.1) is 6.61 Å². The number of likely N-dealkylation sites (tertiary alicyclic amines) is 1. The van der Waals surface area contributed by atoms with E-state index in [2.05, 4.69) is 17.3 Å². The van der Waals surface area contributed by atoms with Gasteiger partial charge < -0.3 is 9.64 Å². The van der Waals surface area contributed by atoms with E-state index in [1.165, 1.54) is 32.1 Å². The van der Waals surface area contributed by atoms with Gasteiger partial charge in [0.2, 0.25) is 0 Å². The Morgan fingerprint density at radius 3 is 2.47 bits per heavy atom. The first kappa shape index (κ1) is 14.8. The minimum Gasteiger partial charge on any atom is -0.465 e. The predicted molar refractivity (Wildman–Crippen MR) is 76.1 cm³/mol. The van der Waals surface area contributed by atoms with Crippen molar-refractivity contribution in [3.05, 3.63) is 0 Å². The molecule has 0 bridgehead atoms. The summed E-state index contributed by atoms with van der Waals surface area (Å²) in [5.74, 6) is -0.0336. The smallest absolute Gasteiger partial charge is 0.326 e. The van der Waals surface area contributed by atoms with Gasteiger partial charge in [-0.15, -0.1) is 0 Å². The largest absolute Gasteiger partial charge is 0.465 e. The average molecular weight is 268 g/mol. The highest BCUT2D eigenvalue weighted by Crippen LogP contribution is 2.27. The van der Waals surface area contributed by atoms with Crippen LogP contribution >= 0.6 is 0 Å². The van der Waals surface area contributed by atoms with Crippen molar-refractivity contribution in [2.24, 2.45) is 0 Å². The molecule has 2 fully saturated rings. The van der Waals surface area contributed by atoms with Crippen molar-refractivity contribution >= 4 is 5.97 Å². The molecule has 1 aliphatic carbocycles. The number of rotatable bonds is 4. The van der Waals surface area contributed by atoms with Gasteiger partial charge in [0, 0.05) is 19.1 Å². The van der Waals surface area contributed by atoms with Crippen LogP contribution in [0.3, 0.4) is 0 Å². The fraction of sp³-hybridized carbons (Fsp3) is 0.933. The molecule has 19 heavy (non-hydrogen) atoms. The van der Waals surface area contributed by atoms with Crippen LogP contribution in [-0.2, 0) is 9.53 Å². The molecule has 0 atom stereocenters. The number of hydrogen-bond donors (Lipinski definition) is 1. The second kappa shape index (κ2) is 6.71. The van der Waals surface area contributed by atoms with Crippen LogP contribution in [0.1, 0.15) is 51.9 Å². The molecule has 1 aliphatic heterocycles. The Labute approximate surface area is 116 Å². The maximum atomic E-state index is 12.4. The lowest BCUT2D eigenvalue weighted by atomic mass is 9.84. The lowest BCUT2D eigenvalue weighted by Gasteiger charge is -2.42. The highest BCUT2D eigenvalue weighted by Gasteiger charge is 2.43. The summed E-state index contributed by atoms with van der Waals surface area (Å²) in [6, 6.07) is 0.501. The zero-order valence-corrected chi connectivity index (χ0v) is 12.4. The Bertz CT molecular complexity index is 293. The average Bonchev–Trinajstić information content (AvgIpc) is 2.43. The van der Waals surface area contributed by atoms with Gasteiger partial charge in [0.15, 0.2) is 0 Å². The minimum absolute atomic E-state index is 0.0336. The second-order valence-corrected chi connectivity index (χ2v) is 6.09. The van der Waals surface area contributed by atoms with Crippen LogP contribution in [-0.4, -0.2) is 49.2 Å².